The summed E-state index contributed by atoms with van der Waals surface area (Å²) in [6.07, 6.45) is 3.63. The Labute approximate surface area is 114 Å². The van der Waals surface area contributed by atoms with Crippen LogP contribution in [0.5, 0.6) is 0 Å². The van der Waals surface area contributed by atoms with Crippen LogP contribution in [0.2, 0.25) is 0 Å². The van der Waals surface area contributed by atoms with E-state index >= 15 is 0 Å². The lowest BCUT2D eigenvalue weighted by Crippen LogP contribution is -2.19. The Hall–Kier alpha value is -2.08. The van der Waals surface area contributed by atoms with Gasteiger partial charge in [-0.05, 0) is 24.0 Å². The van der Waals surface area contributed by atoms with Gasteiger partial charge in [0.25, 0.3) is 0 Å². The SMILES string of the molecule is N/C(=N\O)c1cnc(NC2Cc3ccccc3C2)s1. The summed E-state index contributed by atoms with van der Waals surface area (Å²) in [4.78, 5) is 4.91. The molecular weight excluding hydrogens is 260 g/mol. The van der Waals surface area contributed by atoms with E-state index < -0.39 is 0 Å². The number of amidine groups is 1. The molecule has 0 radical (unpaired) electrons. The van der Waals surface area contributed by atoms with Crippen LogP contribution in [0.15, 0.2) is 35.6 Å². The highest BCUT2D eigenvalue weighted by atomic mass is 32.1. The zero-order chi connectivity index (χ0) is 13.2. The normalized spacial score (nSPS) is 15.5. The number of fused-ring (bicyclic) bond motifs is 1. The molecule has 0 amide bonds. The van der Waals surface area contributed by atoms with Crippen LogP contribution in [-0.4, -0.2) is 22.1 Å². The van der Waals surface area contributed by atoms with E-state index in [1.807, 2.05) is 0 Å². The summed E-state index contributed by atoms with van der Waals surface area (Å²) in [5, 5.41) is 15.8. The van der Waals surface area contributed by atoms with E-state index in [0.29, 0.717) is 10.9 Å². The average molecular weight is 274 g/mol. The first-order valence-electron chi connectivity index (χ1n) is 6.03. The number of rotatable bonds is 3. The lowest BCUT2D eigenvalue weighted by atomic mass is 10.1. The molecule has 0 bridgehead atoms. The van der Waals surface area contributed by atoms with Crippen molar-refractivity contribution in [1.82, 2.24) is 4.98 Å². The van der Waals surface area contributed by atoms with Crippen LogP contribution >= 0.6 is 11.3 Å². The van der Waals surface area contributed by atoms with E-state index in [1.165, 1.54) is 22.5 Å². The minimum Gasteiger partial charge on any atom is -0.409 e. The molecule has 1 aliphatic rings. The quantitative estimate of drug-likeness (QED) is 0.345. The number of nitrogens with two attached hydrogens (primary N) is 1. The Morgan fingerprint density at radius 3 is 2.68 bits per heavy atom. The van der Waals surface area contributed by atoms with E-state index in [0.717, 1.165) is 18.0 Å². The molecule has 0 unspecified atom stereocenters. The van der Waals surface area contributed by atoms with Gasteiger partial charge in [0.05, 0.1) is 11.1 Å². The number of nitrogens with zero attached hydrogens (tertiary/aromatic N) is 2. The van der Waals surface area contributed by atoms with Crippen LogP contribution < -0.4 is 11.1 Å². The maximum absolute atomic E-state index is 8.62. The summed E-state index contributed by atoms with van der Waals surface area (Å²) in [5.41, 5.74) is 8.32. The minimum absolute atomic E-state index is 0.0975. The molecule has 98 valence electrons. The van der Waals surface area contributed by atoms with Gasteiger partial charge in [-0.3, -0.25) is 0 Å². The van der Waals surface area contributed by atoms with Gasteiger partial charge in [-0.1, -0.05) is 40.8 Å². The van der Waals surface area contributed by atoms with Crippen molar-refractivity contribution >= 4 is 22.3 Å². The van der Waals surface area contributed by atoms with Crippen LogP contribution in [0, 0.1) is 0 Å². The third-order valence-electron chi connectivity index (χ3n) is 3.24. The lowest BCUT2D eigenvalue weighted by Gasteiger charge is -2.09. The number of benzene rings is 1. The molecule has 1 heterocycles. The first kappa shape index (κ1) is 12.0. The molecule has 0 spiro atoms. The molecule has 0 fully saturated rings. The predicted octanol–water partition coefficient (Wildman–Crippen LogP) is 1.82. The van der Waals surface area contributed by atoms with Crippen LogP contribution in [0.25, 0.3) is 0 Å². The molecule has 0 atom stereocenters. The summed E-state index contributed by atoms with van der Waals surface area (Å²) >= 11 is 1.39. The molecule has 19 heavy (non-hydrogen) atoms. The van der Waals surface area contributed by atoms with Crippen molar-refractivity contribution in [3.63, 3.8) is 0 Å². The summed E-state index contributed by atoms with van der Waals surface area (Å²) in [7, 11) is 0. The second kappa shape index (κ2) is 4.89. The number of hydrogen-bond acceptors (Lipinski definition) is 5. The Bertz CT molecular complexity index is 598. The molecule has 3 rings (SSSR count). The van der Waals surface area contributed by atoms with Crippen LogP contribution in [0.3, 0.4) is 0 Å². The first-order valence-corrected chi connectivity index (χ1v) is 6.85. The third-order valence-corrected chi connectivity index (χ3v) is 4.20. The number of thiazole rings is 1. The van der Waals surface area contributed by atoms with E-state index in [9.17, 15) is 0 Å². The van der Waals surface area contributed by atoms with Gasteiger partial charge in [-0.15, -0.1) is 0 Å². The highest BCUT2D eigenvalue weighted by molar-refractivity contribution is 7.17. The van der Waals surface area contributed by atoms with Crippen molar-refractivity contribution in [1.29, 1.82) is 0 Å². The summed E-state index contributed by atoms with van der Waals surface area (Å²) in [6.45, 7) is 0. The van der Waals surface area contributed by atoms with Crippen molar-refractivity contribution < 1.29 is 5.21 Å². The van der Waals surface area contributed by atoms with E-state index in [2.05, 4.69) is 39.7 Å². The fraction of sp³-hybridized carbons (Fsp3) is 0.231. The molecule has 0 aliphatic heterocycles. The predicted molar refractivity (Wildman–Crippen MR) is 75.9 cm³/mol. The van der Waals surface area contributed by atoms with Gasteiger partial charge < -0.3 is 16.3 Å². The fourth-order valence-electron chi connectivity index (χ4n) is 2.34. The van der Waals surface area contributed by atoms with E-state index in [-0.39, 0.29) is 5.84 Å². The Morgan fingerprint density at radius 1 is 1.37 bits per heavy atom. The highest BCUT2D eigenvalue weighted by Gasteiger charge is 2.21. The summed E-state index contributed by atoms with van der Waals surface area (Å²) in [6, 6.07) is 8.84. The Kier molecular flexibility index (Phi) is 3.08. The fourth-order valence-corrected chi connectivity index (χ4v) is 3.13. The molecule has 1 aromatic carbocycles. The smallest absolute Gasteiger partial charge is 0.183 e. The number of aromatic nitrogens is 1. The third kappa shape index (κ3) is 2.39. The average Bonchev–Trinajstić information content (AvgIpc) is 3.04. The molecule has 5 nitrogen and oxygen atoms in total. The van der Waals surface area contributed by atoms with Gasteiger partial charge in [0.15, 0.2) is 11.0 Å². The maximum Gasteiger partial charge on any atom is 0.183 e. The zero-order valence-electron chi connectivity index (χ0n) is 10.2. The van der Waals surface area contributed by atoms with Gasteiger partial charge in [-0.2, -0.15) is 0 Å². The maximum atomic E-state index is 8.62. The Morgan fingerprint density at radius 2 is 2.05 bits per heavy atom. The lowest BCUT2D eigenvalue weighted by molar-refractivity contribution is 0.319. The molecule has 4 N–H and O–H groups in total. The standard InChI is InChI=1S/C13H14N4OS/c14-12(17-18)11-7-15-13(19-11)16-10-5-8-3-1-2-4-9(8)6-10/h1-4,7,10,18H,5-6H2,(H2,14,17)(H,15,16). The molecule has 1 aromatic heterocycles. The molecule has 0 saturated carbocycles. The van der Waals surface area contributed by atoms with E-state index in [1.54, 1.807) is 6.20 Å². The molecule has 1 aliphatic carbocycles. The van der Waals surface area contributed by atoms with Crippen molar-refractivity contribution in [2.75, 3.05) is 5.32 Å². The topological polar surface area (TPSA) is 83.5 Å². The second-order valence-corrected chi connectivity index (χ2v) is 5.56. The van der Waals surface area contributed by atoms with Crippen molar-refractivity contribution in [2.24, 2.45) is 10.9 Å². The van der Waals surface area contributed by atoms with Gasteiger partial charge in [0.2, 0.25) is 0 Å². The minimum atomic E-state index is 0.0975. The van der Waals surface area contributed by atoms with Crippen molar-refractivity contribution in [3.05, 3.63) is 46.5 Å². The number of oxime groups is 1. The molecule has 2 aromatic rings. The van der Waals surface area contributed by atoms with Crippen LogP contribution in [-0.2, 0) is 12.8 Å². The zero-order valence-corrected chi connectivity index (χ0v) is 11.0. The number of nitrogens with one attached hydrogen (secondary N) is 1. The van der Waals surface area contributed by atoms with E-state index in [4.69, 9.17) is 10.9 Å². The van der Waals surface area contributed by atoms with Gasteiger partial charge >= 0.3 is 0 Å². The van der Waals surface area contributed by atoms with Crippen LogP contribution in [0.1, 0.15) is 16.0 Å². The van der Waals surface area contributed by atoms with Gasteiger partial charge in [0, 0.05) is 6.04 Å². The Balaban J connectivity index is 1.69. The molecule has 0 saturated heterocycles. The monoisotopic (exact) mass is 274 g/mol. The largest absolute Gasteiger partial charge is 0.409 e. The summed E-state index contributed by atoms with van der Waals surface area (Å²) in [5.74, 6) is 0.0975. The summed E-state index contributed by atoms with van der Waals surface area (Å²) < 4.78 is 0. The molecular formula is C13H14N4OS. The second-order valence-electron chi connectivity index (χ2n) is 4.53. The number of anilines is 1. The number of hydrogen-bond donors (Lipinski definition) is 3. The highest BCUT2D eigenvalue weighted by Crippen LogP contribution is 2.26. The van der Waals surface area contributed by atoms with Gasteiger partial charge in [-0.25, -0.2) is 4.98 Å². The molecule has 6 heteroatoms. The first-order chi connectivity index (χ1) is 9.26. The van der Waals surface area contributed by atoms with Crippen molar-refractivity contribution in [2.45, 2.75) is 18.9 Å². The van der Waals surface area contributed by atoms with Crippen molar-refractivity contribution in [3.8, 4) is 0 Å². The van der Waals surface area contributed by atoms with Crippen LogP contribution in [0.4, 0.5) is 5.13 Å². The van der Waals surface area contributed by atoms with Gasteiger partial charge in [0.1, 0.15) is 0 Å².